The number of hydrogen-bond acceptors (Lipinski definition) is 5. The quantitative estimate of drug-likeness (QED) is 0.726. The zero-order chi connectivity index (χ0) is 21.0. The first kappa shape index (κ1) is 21.1. The van der Waals surface area contributed by atoms with E-state index in [0.717, 1.165) is 10.5 Å². The number of aromatic nitrogens is 2. The topological polar surface area (TPSA) is 84.4 Å². The Hall–Kier alpha value is -2.58. The molecule has 3 rings (SSSR count). The SMILES string of the molecule is Cc1ccc(N(C(=O)[C@H](F)Cl)[C@@](C)(C(=O)N[C@H]2CCOC2)c2cncnc2)cc1. The third-order valence-electron chi connectivity index (χ3n) is 4.98. The summed E-state index contributed by atoms with van der Waals surface area (Å²) in [6, 6.07) is 6.60. The summed E-state index contributed by atoms with van der Waals surface area (Å²) in [6.45, 7) is 4.30. The first-order valence-corrected chi connectivity index (χ1v) is 9.60. The fourth-order valence-electron chi connectivity index (χ4n) is 3.28. The van der Waals surface area contributed by atoms with Gasteiger partial charge in [0, 0.05) is 30.3 Å². The number of amides is 2. The zero-order valence-corrected chi connectivity index (χ0v) is 16.9. The molecule has 7 nitrogen and oxygen atoms in total. The molecule has 0 radical (unpaired) electrons. The summed E-state index contributed by atoms with van der Waals surface area (Å²) < 4.78 is 19.3. The van der Waals surface area contributed by atoms with Crippen LogP contribution in [0.3, 0.4) is 0 Å². The molecule has 1 aromatic heterocycles. The number of ether oxygens (including phenoxy) is 1. The molecule has 1 aliphatic rings. The predicted molar refractivity (Wildman–Crippen MR) is 106 cm³/mol. The fourth-order valence-corrected chi connectivity index (χ4v) is 3.38. The fraction of sp³-hybridized carbons (Fsp3) is 0.400. The van der Waals surface area contributed by atoms with Crippen LogP contribution >= 0.6 is 11.6 Å². The van der Waals surface area contributed by atoms with Crippen LogP contribution in [0.4, 0.5) is 10.1 Å². The van der Waals surface area contributed by atoms with Crippen LogP contribution in [0.1, 0.15) is 24.5 Å². The molecule has 1 saturated heterocycles. The van der Waals surface area contributed by atoms with E-state index in [1.165, 1.54) is 25.6 Å². The molecule has 0 unspecified atom stereocenters. The van der Waals surface area contributed by atoms with Gasteiger partial charge in [0.05, 0.1) is 12.6 Å². The maximum Gasteiger partial charge on any atom is 0.278 e. The smallest absolute Gasteiger partial charge is 0.278 e. The van der Waals surface area contributed by atoms with Gasteiger partial charge in [0.15, 0.2) is 5.54 Å². The molecule has 9 heteroatoms. The van der Waals surface area contributed by atoms with E-state index >= 15 is 0 Å². The van der Waals surface area contributed by atoms with E-state index < -0.39 is 23.0 Å². The van der Waals surface area contributed by atoms with Crippen molar-refractivity contribution in [1.29, 1.82) is 0 Å². The van der Waals surface area contributed by atoms with Crippen LogP contribution in [-0.2, 0) is 19.9 Å². The number of halogens is 2. The Labute approximate surface area is 173 Å². The first-order valence-electron chi connectivity index (χ1n) is 9.17. The standard InChI is InChI=1S/C20H22ClFN4O3/c1-13-3-5-16(6-4-13)26(18(27)17(21)22)20(2,14-9-23-12-24-10-14)19(28)25-15-7-8-29-11-15/h3-6,9-10,12,15,17H,7-8,11H2,1-2H3,(H,25,28)/t15-,17-,20+/m0/s1. The number of anilines is 1. The second-order valence-electron chi connectivity index (χ2n) is 7.04. The molecule has 1 N–H and O–H groups in total. The van der Waals surface area contributed by atoms with Crippen LogP contribution in [0.25, 0.3) is 0 Å². The lowest BCUT2D eigenvalue weighted by Gasteiger charge is -2.40. The van der Waals surface area contributed by atoms with E-state index in [2.05, 4.69) is 15.3 Å². The molecule has 2 amide bonds. The van der Waals surface area contributed by atoms with Crippen LogP contribution < -0.4 is 10.2 Å². The van der Waals surface area contributed by atoms with Gasteiger partial charge < -0.3 is 10.1 Å². The van der Waals surface area contributed by atoms with Gasteiger partial charge in [0.25, 0.3) is 17.4 Å². The minimum absolute atomic E-state index is 0.210. The molecule has 2 heterocycles. The minimum atomic E-state index is -2.33. The number of rotatable bonds is 6. The highest BCUT2D eigenvalue weighted by Crippen LogP contribution is 2.35. The Morgan fingerprint density at radius 1 is 1.31 bits per heavy atom. The summed E-state index contributed by atoms with van der Waals surface area (Å²) in [5.74, 6) is -1.56. The first-order chi connectivity index (χ1) is 13.8. The highest BCUT2D eigenvalue weighted by atomic mass is 35.5. The van der Waals surface area contributed by atoms with E-state index in [4.69, 9.17) is 16.3 Å². The van der Waals surface area contributed by atoms with Crippen molar-refractivity contribution in [3.8, 4) is 0 Å². The monoisotopic (exact) mass is 420 g/mol. The van der Waals surface area contributed by atoms with Gasteiger partial charge in [-0.3, -0.25) is 14.5 Å². The van der Waals surface area contributed by atoms with E-state index in [1.54, 1.807) is 24.3 Å². The lowest BCUT2D eigenvalue weighted by atomic mass is 9.89. The maximum atomic E-state index is 14.0. The van der Waals surface area contributed by atoms with Crippen molar-refractivity contribution in [2.24, 2.45) is 0 Å². The molecule has 0 aliphatic carbocycles. The second-order valence-corrected chi connectivity index (χ2v) is 7.43. The van der Waals surface area contributed by atoms with Gasteiger partial charge in [0.1, 0.15) is 6.33 Å². The normalized spacial score (nSPS) is 19.2. The van der Waals surface area contributed by atoms with Crippen LogP contribution in [0.2, 0.25) is 0 Å². The van der Waals surface area contributed by atoms with Crippen LogP contribution in [0.15, 0.2) is 43.0 Å². The van der Waals surface area contributed by atoms with Crippen molar-refractivity contribution in [1.82, 2.24) is 15.3 Å². The zero-order valence-electron chi connectivity index (χ0n) is 16.1. The Morgan fingerprint density at radius 3 is 2.52 bits per heavy atom. The summed E-state index contributed by atoms with van der Waals surface area (Å²) in [5.41, 5.74) is -2.38. The van der Waals surface area contributed by atoms with Crippen molar-refractivity contribution in [2.45, 2.75) is 37.5 Å². The van der Waals surface area contributed by atoms with Gasteiger partial charge in [-0.25, -0.2) is 14.4 Å². The number of alkyl halides is 2. The lowest BCUT2D eigenvalue weighted by molar-refractivity contribution is -0.131. The summed E-state index contributed by atoms with van der Waals surface area (Å²) in [6.07, 6.45) is 4.80. The molecule has 154 valence electrons. The van der Waals surface area contributed by atoms with E-state index in [9.17, 15) is 14.0 Å². The highest BCUT2D eigenvalue weighted by molar-refractivity contribution is 6.32. The van der Waals surface area contributed by atoms with Gasteiger partial charge >= 0.3 is 0 Å². The van der Waals surface area contributed by atoms with Gasteiger partial charge in [-0.2, -0.15) is 0 Å². The molecular weight excluding hydrogens is 399 g/mol. The minimum Gasteiger partial charge on any atom is -0.379 e. The van der Waals surface area contributed by atoms with Gasteiger partial charge in [-0.1, -0.05) is 29.3 Å². The van der Waals surface area contributed by atoms with Crippen LogP contribution in [0.5, 0.6) is 0 Å². The molecule has 1 aromatic carbocycles. The molecule has 1 aliphatic heterocycles. The predicted octanol–water partition coefficient (Wildman–Crippen LogP) is 2.47. The van der Waals surface area contributed by atoms with E-state index in [-0.39, 0.29) is 6.04 Å². The number of hydrogen-bond donors (Lipinski definition) is 1. The number of aryl methyl sites for hydroxylation is 1. The molecule has 29 heavy (non-hydrogen) atoms. The average molecular weight is 421 g/mol. The number of carbonyl (C=O) groups excluding carboxylic acids is 2. The summed E-state index contributed by atoms with van der Waals surface area (Å²) in [7, 11) is 0. The van der Waals surface area contributed by atoms with Crippen molar-refractivity contribution in [3.05, 3.63) is 54.1 Å². The molecular formula is C20H22ClFN4O3. The number of nitrogens with one attached hydrogen (secondary N) is 1. The largest absolute Gasteiger partial charge is 0.379 e. The summed E-state index contributed by atoms with van der Waals surface area (Å²) >= 11 is 5.53. The van der Waals surface area contributed by atoms with E-state index in [0.29, 0.717) is 30.9 Å². The van der Waals surface area contributed by atoms with Crippen LogP contribution in [0, 0.1) is 6.92 Å². The molecule has 0 spiro atoms. The van der Waals surface area contributed by atoms with Crippen LogP contribution in [-0.4, -0.2) is 46.7 Å². The molecule has 0 bridgehead atoms. The van der Waals surface area contributed by atoms with Gasteiger partial charge in [-0.05, 0) is 32.4 Å². The third kappa shape index (κ3) is 4.38. The highest BCUT2D eigenvalue weighted by Gasteiger charge is 2.47. The number of nitrogens with zero attached hydrogens (tertiary/aromatic N) is 3. The number of carbonyl (C=O) groups is 2. The summed E-state index contributed by atoms with van der Waals surface area (Å²) in [4.78, 5) is 35.3. The average Bonchev–Trinajstić information content (AvgIpc) is 3.23. The maximum absolute atomic E-state index is 14.0. The third-order valence-corrected chi connectivity index (χ3v) is 5.16. The van der Waals surface area contributed by atoms with Gasteiger partial charge in [0.2, 0.25) is 0 Å². The van der Waals surface area contributed by atoms with Crippen molar-refractivity contribution >= 4 is 29.1 Å². The number of benzene rings is 1. The molecule has 2 aromatic rings. The molecule has 1 fully saturated rings. The van der Waals surface area contributed by atoms with Gasteiger partial charge in [-0.15, -0.1) is 0 Å². The Bertz CT molecular complexity index is 860. The Morgan fingerprint density at radius 2 is 1.97 bits per heavy atom. The van der Waals surface area contributed by atoms with Crippen molar-refractivity contribution in [3.63, 3.8) is 0 Å². The Balaban J connectivity index is 2.12. The van der Waals surface area contributed by atoms with Crippen molar-refractivity contribution in [2.75, 3.05) is 18.1 Å². The molecule has 0 saturated carbocycles. The Kier molecular flexibility index (Phi) is 6.44. The van der Waals surface area contributed by atoms with E-state index in [1.807, 2.05) is 6.92 Å². The van der Waals surface area contributed by atoms with Crippen molar-refractivity contribution < 1.29 is 18.7 Å². The summed E-state index contributed by atoms with van der Waals surface area (Å²) in [5, 5.41) is 2.89. The lowest BCUT2D eigenvalue weighted by Crippen LogP contribution is -2.60. The molecule has 3 atom stereocenters. The second kappa shape index (κ2) is 8.84.